The maximum absolute atomic E-state index is 12.6. The smallest absolute Gasteiger partial charge is 0.259 e. The van der Waals surface area contributed by atoms with Crippen molar-refractivity contribution >= 4 is 50.7 Å². The third-order valence-corrected chi connectivity index (χ3v) is 7.94. The van der Waals surface area contributed by atoms with Crippen LogP contribution in [-0.2, 0) is 23.4 Å². The van der Waals surface area contributed by atoms with Crippen LogP contribution in [0.4, 0.5) is 5.69 Å². The lowest BCUT2D eigenvalue weighted by Crippen LogP contribution is -2.13. The van der Waals surface area contributed by atoms with Gasteiger partial charge in [0.1, 0.15) is 10.7 Å². The zero-order valence-corrected chi connectivity index (χ0v) is 20.1. The van der Waals surface area contributed by atoms with E-state index in [2.05, 4.69) is 15.3 Å². The molecule has 0 spiro atoms. The van der Waals surface area contributed by atoms with Gasteiger partial charge in [-0.15, -0.1) is 11.3 Å². The number of hydrogen-bond donors (Lipinski definition) is 2. The second-order valence-electron chi connectivity index (χ2n) is 8.18. The van der Waals surface area contributed by atoms with E-state index in [1.54, 1.807) is 59.5 Å². The number of rotatable bonds is 8. The number of anilines is 1. The van der Waals surface area contributed by atoms with E-state index in [0.29, 0.717) is 40.6 Å². The molecule has 2 N–H and O–H groups in total. The highest BCUT2D eigenvalue weighted by atomic mass is 32.2. The molecule has 0 atom stereocenters. The van der Waals surface area contributed by atoms with Crippen molar-refractivity contribution in [2.45, 2.75) is 31.4 Å². The summed E-state index contributed by atoms with van der Waals surface area (Å²) in [5.74, 6) is 1.58. The summed E-state index contributed by atoms with van der Waals surface area (Å²) in [7, 11) is 0. The fourth-order valence-electron chi connectivity index (χ4n) is 4.17. The molecule has 8 heteroatoms. The summed E-state index contributed by atoms with van der Waals surface area (Å²) in [6.45, 7) is 0. The van der Waals surface area contributed by atoms with Gasteiger partial charge in [-0.3, -0.25) is 14.4 Å². The molecule has 1 amide bonds. The number of H-pyrrole nitrogens is 1. The fourth-order valence-corrected chi connectivity index (χ4v) is 6.25. The third kappa shape index (κ3) is 4.83. The molecule has 4 aromatic rings. The molecule has 0 radical (unpaired) electrons. The standard InChI is InChI=1S/C26H23N3O3S2/c30-22(27-18-9-4-8-17(14-18)24(31)16-6-2-1-3-7-16)12-13-33-15-21-28-25(32)23-19-10-5-11-20(19)34-26(23)29-21/h1-4,6-9,14H,5,10-13,15H2,(H,27,30)(H,28,29,32). The zero-order chi connectivity index (χ0) is 23.5. The molecule has 2 aromatic heterocycles. The van der Waals surface area contributed by atoms with Gasteiger partial charge in [0.05, 0.1) is 11.1 Å². The molecule has 5 rings (SSSR count). The van der Waals surface area contributed by atoms with Crippen LogP contribution in [0.3, 0.4) is 0 Å². The number of nitrogens with one attached hydrogen (secondary N) is 2. The van der Waals surface area contributed by atoms with Crippen molar-refractivity contribution in [3.8, 4) is 0 Å². The van der Waals surface area contributed by atoms with Crippen molar-refractivity contribution in [3.63, 3.8) is 0 Å². The molecule has 0 saturated carbocycles. The van der Waals surface area contributed by atoms with Crippen LogP contribution in [-0.4, -0.2) is 27.4 Å². The van der Waals surface area contributed by atoms with E-state index in [4.69, 9.17) is 0 Å². The molecule has 0 fully saturated rings. The van der Waals surface area contributed by atoms with Gasteiger partial charge in [0.2, 0.25) is 5.91 Å². The van der Waals surface area contributed by atoms with Gasteiger partial charge in [0.15, 0.2) is 5.78 Å². The number of carbonyl (C=O) groups excluding carboxylic acids is 2. The van der Waals surface area contributed by atoms with E-state index in [0.717, 1.165) is 29.5 Å². The Kier molecular flexibility index (Phi) is 6.60. The van der Waals surface area contributed by atoms with E-state index >= 15 is 0 Å². The van der Waals surface area contributed by atoms with Gasteiger partial charge in [-0.1, -0.05) is 42.5 Å². The van der Waals surface area contributed by atoms with Crippen molar-refractivity contribution in [2.75, 3.05) is 11.1 Å². The monoisotopic (exact) mass is 489 g/mol. The lowest BCUT2D eigenvalue weighted by Gasteiger charge is -2.07. The molecule has 0 saturated heterocycles. The Hall–Kier alpha value is -3.23. The van der Waals surface area contributed by atoms with Gasteiger partial charge < -0.3 is 10.3 Å². The van der Waals surface area contributed by atoms with Crippen molar-refractivity contribution < 1.29 is 9.59 Å². The Balaban J connectivity index is 1.14. The van der Waals surface area contributed by atoms with Crippen molar-refractivity contribution in [1.29, 1.82) is 0 Å². The molecule has 1 aliphatic carbocycles. The molecule has 6 nitrogen and oxygen atoms in total. The molecular formula is C26H23N3O3S2. The highest BCUT2D eigenvalue weighted by Gasteiger charge is 2.21. The molecule has 0 bridgehead atoms. The molecular weight excluding hydrogens is 466 g/mol. The number of fused-ring (bicyclic) bond motifs is 3. The molecule has 0 unspecified atom stereocenters. The van der Waals surface area contributed by atoms with E-state index < -0.39 is 0 Å². The van der Waals surface area contributed by atoms with Crippen molar-refractivity contribution in [2.24, 2.45) is 0 Å². The number of carbonyl (C=O) groups is 2. The summed E-state index contributed by atoms with van der Waals surface area (Å²) in [6.07, 6.45) is 3.44. The number of aryl methyl sites for hydroxylation is 2. The number of nitrogens with zero attached hydrogens (tertiary/aromatic N) is 1. The Morgan fingerprint density at radius 1 is 1.06 bits per heavy atom. The second-order valence-corrected chi connectivity index (χ2v) is 10.4. The summed E-state index contributed by atoms with van der Waals surface area (Å²) in [4.78, 5) is 47.3. The number of aromatic nitrogens is 2. The minimum Gasteiger partial charge on any atom is -0.326 e. The van der Waals surface area contributed by atoms with Gasteiger partial charge in [0, 0.05) is 33.9 Å². The predicted octanol–water partition coefficient (Wildman–Crippen LogP) is 4.97. The Morgan fingerprint density at radius 2 is 1.88 bits per heavy atom. The predicted molar refractivity (Wildman–Crippen MR) is 138 cm³/mol. The average Bonchev–Trinajstić information content (AvgIpc) is 3.43. The molecule has 2 aromatic carbocycles. The van der Waals surface area contributed by atoms with Crippen molar-refractivity contribution in [3.05, 3.63) is 92.3 Å². The third-order valence-electron chi connectivity index (χ3n) is 5.78. The van der Waals surface area contributed by atoms with Crippen LogP contribution in [0.5, 0.6) is 0 Å². The molecule has 1 aliphatic rings. The summed E-state index contributed by atoms with van der Waals surface area (Å²) in [5, 5.41) is 3.63. The second kappa shape index (κ2) is 9.95. The van der Waals surface area contributed by atoms with Crippen LogP contribution >= 0.6 is 23.1 Å². The molecule has 0 aliphatic heterocycles. The first-order valence-electron chi connectivity index (χ1n) is 11.2. The van der Waals surface area contributed by atoms with Gasteiger partial charge in [-0.2, -0.15) is 11.8 Å². The van der Waals surface area contributed by atoms with Crippen LogP contribution in [0.25, 0.3) is 10.2 Å². The Bertz CT molecular complexity index is 1430. The van der Waals surface area contributed by atoms with Crippen LogP contribution in [0.2, 0.25) is 0 Å². The topological polar surface area (TPSA) is 91.9 Å². The lowest BCUT2D eigenvalue weighted by molar-refractivity contribution is -0.115. The maximum atomic E-state index is 12.6. The number of thiophene rings is 1. The lowest BCUT2D eigenvalue weighted by atomic mass is 10.0. The van der Waals surface area contributed by atoms with Crippen LogP contribution in [0.15, 0.2) is 59.4 Å². The minimum atomic E-state index is -0.122. The largest absolute Gasteiger partial charge is 0.326 e. The molecule has 172 valence electrons. The summed E-state index contributed by atoms with van der Waals surface area (Å²) >= 11 is 3.19. The first-order chi connectivity index (χ1) is 16.6. The van der Waals surface area contributed by atoms with Gasteiger partial charge in [0.25, 0.3) is 5.56 Å². The Labute approximate surface area is 204 Å². The van der Waals surface area contributed by atoms with Gasteiger partial charge in [-0.05, 0) is 37.0 Å². The fraction of sp³-hybridized carbons (Fsp3) is 0.231. The number of amides is 1. The normalized spacial score (nSPS) is 12.6. The number of benzene rings is 2. The minimum absolute atomic E-state index is 0.0531. The number of aromatic amines is 1. The summed E-state index contributed by atoms with van der Waals surface area (Å²) in [6, 6.07) is 16.0. The van der Waals surface area contributed by atoms with E-state index in [-0.39, 0.29) is 17.2 Å². The number of ketones is 1. The molecule has 34 heavy (non-hydrogen) atoms. The summed E-state index contributed by atoms with van der Waals surface area (Å²) in [5.41, 5.74) is 2.86. The van der Waals surface area contributed by atoms with Crippen LogP contribution in [0, 0.1) is 0 Å². The van der Waals surface area contributed by atoms with E-state index in [9.17, 15) is 14.4 Å². The van der Waals surface area contributed by atoms with Gasteiger partial charge in [-0.25, -0.2) is 4.98 Å². The SMILES string of the molecule is O=C(CCSCc1nc2sc3c(c2c(=O)[nH]1)CCC3)Nc1cccc(C(=O)c2ccccc2)c1. The first-order valence-corrected chi connectivity index (χ1v) is 13.2. The maximum Gasteiger partial charge on any atom is 0.259 e. The van der Waals surface area contributed by atoms with Crippen LogP contribution < -0.4 is 10.9 Å². The summed E-state index contributed by atoms with van der Waals surface area (Å²) < 4.78 is 0. The van der Waals surface area contributed by atoms with Crippen LogP contribution in [0.1, 0.15) is 45.0 Å². The quantitative estimate of drug-likeness (QED) is 0.269. The Morgan fingerprint density at radius 3 is 2.74 bits per heavy atom. The number of hydrogen-bond acceptors (Lipinski definition) is 6. The number of thioether (sulfide) groups is 1. The van der Waals surface area contributed by atoms with E-state index in [1.807, 2.05) is 18.2 Å². The van der Waals surface area contributed by atoms with Gasteiger partial charge >= 0.3 is 0 Å². The highest BCUT2D eigenvalue weighted by Crippen LogP contribution is 2.34. The average molecular weight is 490 g/mol. The highest BCUT2D eigenvalue weighted by molar-refractivity contribution is 7.98. The van der Waals surface area contributed by atoms with E-state index in [1.165, 1.54) is 10.4 Å². The first kappa shape index (κ1) is 22.6. The zero-order valence-electron chi connectivity index (χ0n) is 18.4. The van der Waals surface area contributed by atoms with Crippen molar-refractivity contribution in [1.82, 2.24) is 9.97 Å². The molecule has 2 heterocycles.